The van der Waals surface area contributed by atoms with Gasteiger partial charge in [-0.15, -0.1) is 0 Å². The van der Waals surface area contributed by atoms with Gasteiger partial charge in [0.15, 0.2) is 0 Å². The molecule has 0 bridgehead atoms. The maximum atomic E-state index is 12.6. The molecule has 5 nitrogen and oxygen atoms in total. The summed E-state index contributed by atoms with van der Waals surface area (Å²) in [5.41, 5.74) is 0.971. The smallest absolute Gasteiger partial charge is 0.255 e. The summed E-state index contributed by atoms with van der Waals surface area (Å²) in [5, 5.41) is 2.77. The molecule has 2 aromatic carbocycles. The van der Waals surface area contributed by atoms with Gasteiger partial charge in [0.25, 0.3) is 5.91 Å². The molecule has 0 saturated carbocycles. The largest absolute Gasteiger partial charge is 0.322 e. The molecule has 7 heteroatoms. The van der Waals surface area contributed by atoms with Crippen LogP contribution in [0.2, 0.25) is 0 Å². The molecule has 0 aromatic heterocycles. The molecule has 0 saturated heterocycles. The SMILES string of the molecule is CCN(CC)S(=O)(=O)c1cccc(C(=O)Nc2ccc(I)cc2)c1. The summed E-state index contributed by atoms with van der Waals surface area (Å²) < 4.78 is 27.5. The molecular weight excluding hydrogens is 439 g/mol. The topological polar surface area (TPSA) is 66.5 Å². The molecule has 0 fully saturated rings. The minimum absolute atomic E-state index is 0.126. The predicted molar refractivity (Wildman–Crippen MR) is 104 cm³/mol. The Morgan fingerprint density at radius 3 is 2.29 bits per heavy atom. The Bertz CT molecular complexity index is 816. The van der Waals surface area contributed by atoms with E-state index in [1.807, 2.05) is 12.1 Å². The summed E-state index contributed by atoms with van der Waals surface area (Å²) >= 11 is 2.18. The summed E-state index contributed by atoms with van der Waals surface area (Å²) in [6.45, 7) is 4.35. The first kappa shape index (κ1) is 18.9. The minimum Gasteiger partial charge on any atom is -0.322 e. The van der Waals surface area contributed by atoms with Crippen LogP contribution >= 0.6 is 22.6 Å². The van der Waals surface area contributed by atoms with Crippen molar-refractivity contribution in [3.05, 3.63) is 57.7 Å². The van der Waals surface area contributed by atoms with Crippen LogP contribution in [0.3, 0.4) is 0 Å². The lowest BCUT2D eigenvalue weighted by Crippen LogP contribution is -2.30. The van der Waals surface area contributed by atoms with Crippen LogP contribution < -0.4 is 5.32 Å². The van der Waals surface area contributed by atoms with Crippen LogP contribution in [-0.4, -0.2) is 31.7 Å². The van der Waals surface area contributed by atoms with Crippen molar-refractivity contribution < 1.29 is 13.2 Å². The number of nitrogens with zero attached hydrogens (tertiary/aromatic N) is 1. The van der Waals surface area contributed by atoms with E-state index in [0.29, 0.717) is 24.3 Å². The highest BCUT2D eigenvalue weighted by atomic mass is 127. The van der Waals surface area contributed by atoms with Crippen molar-refractivity contribution in [3.8, 4) is 0 Å². The number of halogens is 1. The first-order valence-electron chi connectivity index (χ1n) is 7.55. The van der Waals surface area contributed by atoms with Gasteiger partial charge in [0.1, 0.15) is 0 Å². The molecule has 0 radical (unpaired) electrons. The van der Waals surface area contributed by atoms with Gasteiger partial charge in [0.05, 0.1) is 4.90 Å². The first-order valence-corrected chi connectivity index (χ1v) is 10.1. The molecule has 2 rings (SSSR count). The zero-order valence-electron chi connectivity index (χ0n) is 13.5. The van der Waals surface area contributed by atoms with Crippen LogP contribution in [0, 0.1) is 3.57 Å². The average Bonchev–Trinajstić information content (AvgIpc) is 2.58. The quantitative estimate of drug-likeness (QED) is 0.674. The summed E-state index contributed by atoms with van der Waals surface area (Å²) in [6.07, 6.45) is 0. The highest BCUT2D eigenvalue weighted by Crippen LogP contribution is 2.18. The van der Waals surface area contributed by atoms with E-state index in [1.165, 1.54) is 16.4 Å². The molecule has 0 atom stereocenters. The molecule has 0 spiro atoms. The molecule has 1 amide bonds. The van der Waals surface area contributed by atoms with Crippen molar-refractivity contribution in [2.75, 3.05) is 18.4 Å². The summed E-state index contributed by atoms with van der Waals surface area (Å²) in [5.74, 6) is -0.340. The number of hydrogen-bond donors (Lipinski definition) is 1. The predicted octanol–water partition coefficient (Wildman–Crippen LogP) is 3.57. The van der Waals surface area contributed by atoms with E-state index >= 15 is 0 Å². The number of carbonyl (C=O) groups excluding carboxylic acids is 1. The normalized spacial score (nSPS) is 11.5. The highest BCUT2D eigenvalue weighted by molar-refractivity contribution is 14.1. The Morgan fingerprint density at radius 1 is 1.08 bits per heavy atom. The summed E-state index contributed by atoms with van der Waals surface area (Å²) in [7, 11) is -3.58. The molecule has 1 N–H and O–H groups in total. The zero-order chi connectivity index (χ0) is 17.7. The van der Waals surface area contributed by atoms with Gasteiger partial charge in [-0.2, -0.15) is 4.31 Å². The van der Waals surface area contributed by atoms with E-state index in [4.69, 9.17) is 0 Å². The molecule has 128 valence electrons. The fourth-order valence-corrected chi connectivity index (χ4v) is 4.11. The van der Waals surface area contributed by atoms with Gasteiger partial charge in [0.2, 0.25) is 10.0 Å². The lowest BCUT2D eigenvalue weighted by Gasteiger charge is -2.18. The zero-order valence-corrected chi connectivity index (χ0v) is 16.5. The van der Waals surface area contributed by atoms with Crippen molar-refractivity contribution in [1.82, 2.24) is 4.31 Å². The third-order valence-electron chi connectivity index (χ3n) is 3.54. The van der Waals surface area contributed by atoms with E-state index in [9.17, 15) is 13.2 Å². The van der Waals surface area contributed by atoms with Gasteiger partial charge in [-0.1, -0.05) is 19.9 Å². The number of nitrogens with one attached hydrogen (secondary N) is 1. The van der Waals surface area contributed by atoms with E-state index in [2.05, 4.69) is 27.9 Å². The van der Waals surface area contributed by atoms with Gasteiger partial charge in [-0.25, -0.2) is 8.42 Å². The van der Waals surface area contributed by atoms with Crippen LogP contribution in [0.1, 0.15) is 24.2 Å². The molecule has 0 aliphatic carbocycles. The van der Waals surface area contributed by atoms with Gasteiger partial charge < -0.3 is 5.32 Å². The monoisotopic (exact) mass is 458 g/mol. The standard InChI is InChI=1S/C17H19IN2O3S/c1-3-20(4-2)24(22,23)16-7-5-6-13(12-16)17(21)19-15-10-8-14(18)9-11-15/h5-12H,3-4H2,1-2H3,(H,19,21). The van der Waals surface area contributed by atoms with Crippen LogP contribution in [-0.2, 0) is 10.0 Å². The Balaban J connectivity index is 2.26. The lowest BCUT2D eigenvalue weighted by molar-refractivity contribution is 0.102. The van der Waals surface area contributed by atoms with Gasteiger partial charge >= 0.3 is 0 Å². The molecule has 0 heterocycles. The third kappa shape index (κ3) is 4.34. The van der Waals surface area contributed by atoms with Gasteiger partial charge in [0, 0.05) is 27.9 Å². The number of benzene rings is 2. The van der Waals surface area contributed by atoms with Crippen molar-refractivity contribution in [3.63, 3.8) is 0 Å². The third-order valence-corrected chi connectivity index (χ3v) is 6.31. The van der Waals surface area contributed by atoms with Gasteiger partial charge in [-0.3, -0.25) is 4.79 Å². The molecule has 24 heavy (non-hydrogen) atoms. The van der Waals surface area contributed by atoms with Crippen LogP contribution in [0.15, 0.2) is 53.4 Å². The van der Waals surface area contributed by atoms with E-state index < -0.39 is 10.0 Å². The number of sulfonamides is 1. The fourth-order valence-electron chi connectivity index (χ4n) is 2.25. The number of rotatable bonds is 6. The average molecular weight is 458 g/mol. The number of hydrogen-bond acceptors (Lipinski definition) is 3. The highest BCUT2D eigenvalue weighted by Gasteiger charge is 2.22. The second-order valence-corrected chi connectivity index (χ2v) is 8.26. The molecule has 0 aliphatic heterocycles. The first-order chi connectivity index (χ1) is 11.4. The van der Waals surface area contributed by atoms with E-state index in [1.54, 1.807) is 38.1 Å². The van der Waals surface area contributed by atoms with Crippen LogP contribution in [0.25, 0.3) is 0 Å². The Kier molecular flexibility index (Phi) is 6.36. The maximum Gasteiger partial charge on any atom is 0.255 e. The second kappa shape index (κ2) is 8.09. The Hall–Kier alpha value is -1.45. The Labute approximate surface area is 156 Å². The Morgan fingerprint density at radius 2 is 1.71 bits per heavy atom. The molecule has 0 aliphatic rings. The van der Waals surface area contributed by atoms with Crippen LogP contribution in [0.4, 0.5) is 5.69 Å². The number of carbonyl (C=O) groups is 1. The van der Waals surface area contributed by atoms with Crippen LogP contribution in [0.5, 0.6) is 0 Å². The summed E-state index contributed by atoms with van der Waals surface area (Å²) in [4.78, 5) is 12.5. The van der Waals surface area contributed by atoms with Crippen molar-refractivity contribution in [1.29, 1.82) is 0 Å². The minimum atomic E-state index is -3.58. The lowest BCUT2D eigenvalue weighted by atomic mass is 10.2. The van der Waals surface area contributed by atoms with Crippen molar-refractivity contribution in [2.45, 2.75) is 18.7 Å². The molecule has 2 aromatic rings. The maximum absolute atomic E-state index is 12.6. The van der Waals surface area contributed by atoms with Crippen molar-refractivity contribution >= 4 is 44.2 Å². The molecular formula is C17H19IN2O3S. The van der Waals surface area contributed by atoms with Gasteiger partial charge in [-0.05, 0) is 65.1 Å². The fraction of sp³-hybridized carbons (Fsp3) is 0.235. The molecule has 0 unspecified atom stereocenters. The number of anilines is 1. The van der Waals surface area contributed by atoms with Crippen molar-refractivity contribution in [2.24, 2.45) is 0 Å². The van der Waals surface area contributed by atoms with E-state index in [-0.39, 0.29) is 10.8 Å². The summed E-state index contributed by atoms with van der Waals surface area (Å²) in [6, 6.07) is 13.5. The number of amides is 1. The van der Waals surface area contributed by atoms with E-state index in [0.717, 1.165) is 3.57 Å². The second-order valence-electron chi connectivity index (χ2n) is 5.08.